The van der Waals surface area contributed by atoms with Crippen LogP contribution in [-0.2, 0) is 9.59 Å². The van der Waals surface area contributed by atoms with E-state index in [0.717, 1.165) is 4.90 Å². The van der Waals surface area contributed by atoms with Crippen molar-refractivity contribution < 1.29 is 24.3 Å². The third kappa shape index (κ3) is 2.37. The van der Waals surface area contributed by atoms with Gasteiger partial charge in [-0.15, -0.1) is 0 Å². The minimum absolute atomic E-state index is 0.206. The standard InChI is InChI=1S/C13H12N2O5/c14-10(16)5-7(6-11(17)18)15-12(19)8-3-1-2-4-9(8)13(15)20/h1-4,7H,5-6H2,(H2,14,16)(H,17,18). The van der Waals surface area contributed by atoms with Crippen LogP contribution in [0.15, 0.2) is 24.3 Å². The first-order chi connectivity index (χ1) is 9.41. The average Bonchev–Trinajstić information content (AvgIpc) is 2.61. The highest BCUT2D eigenvalue weighted by Gasteiger charge is 2.40. The zero-order valence-corrected chi connectivity index (χ0v) is 10.4. The Morgan fingerprint density at radius 1 is 1.10 bits per heavy atom. The highest BCUT2D eigenvalue weighted by molar-refractivity contribution is 6.21. The number of nitrogens with two attached hydrogens (primary N) is 1. The number of carboxylic acids is 1. The van der Waals surface area contributed by atoms with E-state index in [1.54, 1.807) is 12.1 Å². The van der Waals surface area contributed by atoms with Gasteiger partial charge in [0, 0.05) is 6.42 Å². The molecule has 1 atom stereocenters. The molecule has 7 heteroatoms. The van der Waals surface area contributed by atoms with Gasteiger partial charge in [0.2, 0.25) is 5.91 Å². The summed E-state index contributed by atoms with van der Waals surface area (Å²) in [5.74, 6) is -3.18. The van der Waals surface area contributed by atoms with Crippen LogP contribution in [0, 0.1) is 0 Å². The smallest absolute Gasteiger partial charge is 0.305 e. The molecule has 0 fully saturated rings. The first-order valence-corrected chi connectivity index (χ1v) is 5.89. The number of imide groups is 1. The van der Waals surface area contributed by atoms with E-state index in [-0.39, 0.29) is 17.5 Å². The number of carboxylic acid groups (broad SMARTS) is 1. The lowest BCUT2D eigenvalue weighted by molar-refractivity contribution is -0.138. The van der Waals surface area contributed by atoms with Gasteiger partial charge in [-0.2, -0.15) is 0 Å². The minimum Gasteiger partial charge on any atom is -0.481 e. The van der Waals surface area contributed by atoms with E-state index in [4.69, 9.17) is 10.8 Å². The first kappa shape index (κ1) is 13.7. The molecule has 1 unspecified atom stereocenters. The summed E-state index contributed by atoms with van der Waals surface area (Å²) in [7, 11) is 0. The Morgan fingerprint density at radius 2 is 1.60 bits per heavy atom. The van der Waals surface area contributed by atoms with Crippen molar-refractivity contribution in [2.45, 2.75) is 18.9 Å². The Morgan fingerprint density at radius 3 is 2.00 bits per heavy atom. The summed E-state index contributed by atoms with van der Waals surface area (Å²) in [4.78, 5) is 47.0. The highest BCUT2D eigenvalue weighted by Crippen LogP contribution is 2.26. The van der Waals surface area contributed by atoms with E-state index in [2.05, 4.69) is 0 Å². The van der Waals surface area contributed by atoms with Crippen LogP contribution in [0.1, 0.15) is 33.6 Å². The van der Waals surface area contributed by atoms with Crippen LogP contribution in [0.2, 0.25) is 0 Å². The topological polar surface area (TPSA) is 118 Å². The van der Waals surface area contributed by atoms with Gasteiger partial charge in [0.25, 0.3) is 11.8 Å². The third-order valence-corrected chi connectivity index (χ3v) is 3.04. The molecule has 0 radical (unpaired) electrons. The van der Waals surface area contributed by atoms with Gasteiger partial charge in [-0.3, -0.25) is 24.1 Å². The fourth-order valence-corrected chi connectivity index (χ4v) is 2.23. The molecule has 0 spiro atoms. The third-order valence-electron chi connectivity index (χ3n) is 3.04. The number of primary amides is 1. The molecule has 20 heavy (non-hydrogen) atoms. The lowest BCUT2D eigenvalue weighted by Gasteiger charge is -2.23. The van der Waals surface area contributed by atoms with Crippen LogP contribution in [0.25, 0.3) is 0 Å². The van der Waals surface area contributed by atoms with Crippen LogP contribution in [0.5, 0.6) is 0 Å². The number of fused-ring (bicyclic) bond motifs is 1. The average molecular weight is 276 g/mol. The zero-order valence-electron chi connectivity index (χ0n) is 10.4. The van der Waals surface area contributed by atoms with E-state index in [1.807, 2.05) is 0 Å². The van der Waals surface area contributed by atoms with Crippen molar-refractivity contribution in [2.75, 3.05) is 0 Å². The largest absolute Gasteiger partial charge is 0.481 e. The number of amides is 3. The van der Waals surface area contributed by atoms with Crippen molar-refractivity contribution >= 4 is 23.7 Å². The molecular formula is C13H12N2O5. The molecule has 1 aromatic carbocycles. The molecule has 104 valence electrons. The SMILES string of the molecule is NC(=O)CC(CC(=O)O)N1C(=O)c2ccccc2C1=O. The number of hydrogen-bond acceptors (Lipinski definition) is 4. The van der Waals surface area contributed by atoms with Crippen molar-refractivity contribution in [2.24, 2.45) is 5.73 Å². The van der Waals surface area contributed by atoms with Gasteiger partial charge >= 0.3 is 5.97 Å². The monoisotopic (exact) mass is 276 g/mol. The van der Waals surface area contributed by atoms with Crippen LogP contribution in [0.4, 0.5) is 0 Å². The van der Waals surface area contributed by atoms with Gasteiger partial charge in [0.05, 0.1) is 23.6 Å². The number of aliphatic carboxylic acids is 1. The molecule has 2 rings (SSSR count). The maximum Gasteiger partial charge on any atom is 0.305 e. The molecule has 0 aliphatic carbocycles. The molecular weight excluding hydrogens is 264 g/mol. The maximum absolute atomic E-state index is 12.2. The normalized spacial score (nSPS) is 15.1. The number of carbonyl (C=O) groups excluding carboxylic acids is 3. The highest BCUT2D eigenvalue weighted by atomic mass is 16.4. The van der Waals surface area contributed by atoms with Crippen LogP contribution < -0.4 is 5.73 Å². The Kier molecular flexibility index (Phi) is 3.51. The summed E-state index contributed by atoms with van der Waals surface area (Å²) in [5.41, 5.74) is 5.46. The summed E-state index contributed by atoms with van der Waals surface area (Å²) in [6, 6.07) is 5.11. The van der Waals surface area contributed by atoms with Crippen LogP contribution in [-0.4, -0.2) is 39.7 Å². The number of benzene rings is 1. The predicted octanol–water partition coefficient (Wildman–Crippen LogP) is 0.00130. The zero-order chi connectivity index (χ0) is 14.9. The van der Waals surface area contributed by atoms with Crippen molar-refractivity contribution in [3.8, 4) is 0 Å². The van der Waals surface area contributed by atoms with Crippen molar-refractivity contribution in [1.29, 1.82) is 0 Å². The van der Waals surface area contributed by atoms with Gasteiger partial charge in [-0.1, -0.05) is 12.1 Å². The Hall–Kier alpha value is -2.70. The number of nitrogens with zero attached hydrogens (tertiary/aromatic N) is 1. The fourth-order valence-electron chi connectivity index (χ4n) is 2.23. The summed E-state index contributed by atoms with van der Waals surface area (Å²) < 4.78 is 0. The first-order valence-electron chi connectivity index (χ1n) is 5.89. The van der Waals surface area contributed by atoms with Gasteiger partial charge in [-0.25, -0.2) is 0 Å². The Balaban J connectivity index is 2.36. The van der Waals surface area contributed by atoms with E-state index < -0.39 is 36.2 Å². The quantitative estimate of drug-likeness (QED) is 0.734. The van der Waals surface area contributed by atoms with Gasteiger partial charge < -0.3 is 10.8 Å². The lowest BCUT2D eigenvalue weighted by Crippen LogP contribution is -2.43. The van der Waals surface area contributed by atoms with Crippen molar-refractivity contribution in [1.82, 2.24) is 4.90 Å². The predicted molar refractivity (Wildman–Crippen MR) is 66.8 cm³/mol. The molecule has 0 aromatic heterocycles. The van der Waals surface area contributed by atoms with E-state index in [9.17, 15) is 19.2 Å². The van der Waals surface area contributed by atoms with Crippen molar-refractivity contribution in [3.05, 3.63) is 35.4 Å². The van der Waals surface area contributed by atoms with Crippen LogP contribution >= 0.6 is 0 Å². The second-order valence-corrected chi connectivity index (χ2v) is 4.45. The van der Waals surface area contributed by atoms with Crippen molar-refractivity contribution in [3.63, 3.8) is 0 Å². The van der Waals surface area contributed by atoms with Gasteiger partial charge in [0.1, 0.15) is 0 Å². The van der Waals surface area contributed by atoms with Crippen LogP contribution in [0.3, 0.4) is 0 Å². The number of hydrogen-bond donors (Lipinski definition) is 2. The molecule has 3 amide bonds. The Labute approximate surface area is 114 Å². The fraction of sp³-hybridized carbons (Fsp3) is 0.231. The molecule has 1 aromatic rings. The van der Waals surface area contributed by atoms with E-state index >= 15 is 0 Å². The number of rotatable bonds is 5. The maximum atomic E-state index is 12.2. The summed E-state index contributed by atoms with van der Waals surface area (Å²) >= 11 is 0. The molecule has 0 bridgehead atoms. The van der Waals surface area contributed by atoms with Gasteiger partial charge in [0.15, 0.2) is 0 Å². The molecule has 1 aliphatic heterocycles. The van der Waals surface area contributed by atoms with E-state index in [1.165, 1.54) is 12.1 Å². The molecule has 3 N–H and O–H groups in total. The minimum atomic E-state index is -1.21. The lowest BCUT2D eigenvalue weighted by atomic mass is 10.1. The summed E-state index contributed by atoms with van der Waals surface area (Å²) in [6.45, 7) is 0. The number of carbonyl (C=O) groups is 4. The molecule has 7 nitrogen and oxygen atoms in total. The van der Waals surface area contributed by atoms with Gasteiger partial charge in [-0.05, 0) is 12.1 Å². The molecule has 0 saturated heterocycles. The Bertz CT molecular complexity index is 560. The molecule has 0 saturated carbocycles. The molecule has 1 aliphatic rings. The second-order valence-electron chi connectivity index (χ2n) is 4.45. The second kappa shape index (κ2) is 5.12. The summed E-state index contributed by atoms with van der Waals surface area (Å²) in [6.07, 6.45) is -0.897. The molecule has 1 heterocycles. The van der Waals surface area contributed by atoms with E-state index in [0.29, 0.717) is 0 Å². The summed E-state index contributed by atoms with van der Waals surface area (Å²) in [5, 5.41) is 8.85.